The van der Waals surface area contributed by atoms with E-state index in [-0.39, 0.29) is 0 Å². The molecule has 308 valence electrons. The highest BCUT2D eigenvalue weighted by Crippen LogP contribution is 2.54. The summed E-state index contributed by atoms with van der Waals surface area (Å²) >= 11 is 1.87. The van der Waals surface area contributed by atoms with Crippen LogP contribution in [-0.4, -0.2) is 0 Å². The Morgan fingerprint density at radius 2 is 0.762 bits per heavy atom. The summed E-state index contributed by atoms with van der Waals surface area (Å²) in [4.78, 5) is 4.85. The quantitative estimate of drug-likeness (QED) is 0.143. The van der Waals surface area contributed by atoms with E-state index in [0.29, 0.717) is 5.92 Å². The standard InChI is InChI=1S/C60H52N2S/c1-3-9-44(10-4-1)46-16-22-50(23-17-46)61(51-26-20-48(21-27-51)56-33-15-41-35-42-37-43(36-41)39-49(56)38-42)53-28-30-54(31-29-53)62(52-24-18-47(19-25-52)45-11-5-2-6-12-45)55-32-34-58-57-13-7-8-14-59(57)63-60(58)40-55/h1-14,16-32,34,40-43,49,56H,15,33,35-39H2/t41?,42?,43?,49?,56-/m0/s1. The van der Waals surface area contributed by atoms with Crippen LogP contribution in [0.2, 0.25) is 0 Å². The highest BCUT2D eigenvalue weighted by Gasteiger charge is 2.41. The molecule has 0 saturated heterocycles. The Kier molecular flexibility index (Phi) is 9.94. The molecule has 3 atom stereocenters. The lowest BCUT2D eigenvalue weighted by atomic mass is 9.57. The van der Waals surface area contributed by atoms with E-state index in [1.165, 1.54) is 93.1 Å². The number of thiophene rings is 1. The van der Waals surface area contributed by atoms with Crippen molar-refractivity contribution in [3.05, 3.63) is 206 Å². The molecular formula is C60H52N2S. The Morgan fingerprint density at radius 3 is 1.33 bits per heavy atom. The maximum Gasteiger partial charge on any atom is 0.0476 e. The van der Waals surface area contributed by atoms with Crippen molar-refractivity contribution in [2.75, 3.05) is 9.80 Å². The van der Waals surface area contributed by atoms with Crippen molar-refractivity contribution in [2.24, 2.45) is 23.7 Å². The number of nitrogens with zero attached hydrogens (tertiary/aromatic N) is 2. The zero-order valence-corrected chi connectivity index (χ0v) is 36.5. The normalized spacial score (nSPS) is 20.4. The number of hydrogen-bond acceptors (Lipinski definition) is 3. The van der Waals surface area contributed by atoms with Crippen LogP contribution in [0.1, 0.15) is 56.4 Å². The monoisotopic (exact) mass is 832 g/mol. The molecule has 4 fully saturated rings. The number of rotatable bonds is 9. The van der Waals surface area contributed by atoms with E-state index >= 15 is 0 Å². The van der Waals surface area contributed by atoms with Crippen LogP contribution in [-0.2, 0) is 0 Å². The van der Waals surface area contributed by atoms with Crippen molar-refractivity contribution in [3.8, 4) is 22.3 Å². The van der Waals surface area contributed by atoms with Crippen molar-refractivity contribution >= 4 is 65.6 Å². The average molecular weight is 833 g/mol. The minimum atomic E-state index is 0.685. The van der Waals surface area contributed by atoms with Crippen molar-refractivity contribution < 1.29 is 0 Å². The molecule has 0 N–H and O–H groups in total. The van der Waals surface area contributed by atoms with Crippen LogP contribution in [0.4, 0.5) is 34.1 Å². The summed E-state index contributed by atoms with van der Waals surface area (Å²) in [5.41, 5.74) is 13.3. The Morgan fingerprint density at radius 1 is 0.333 bits per heavy atom. The second-order valence-electron chi connectivity index (χ2n) is 18.6. The van der Waals surface area contributed by atoms with Gasteiger partial charge >= 0.3 is 0 Å². The molecule has 0 amide bonds. The maximum absolute atomic E-state index is 2.47. The molecular weight excluding hydrogens is 781 g/mol. The van der Waals surface area contributed by atoms with Gasteiger partial charge < -0.3 is 9.80 Å². The molecule has 4 aliphatic rings. The van der Waals surface area contributed by atoms with E-state index in [0.717, 1.165) is 52.1 Å². The van der Waals surface area contributed by atoms with Gasteiger partial charge in [-0.2, -0.15) is 0 Å². The van der Waals surface area contributed by atoms with Gasteiger partial charge in [0, 0.05) is 54.3 Å². The molecule has 0 aliphatic heterocycles. The Labute approximate surface area is 376 Å². The summed E-state index contributed by atoms with van der Waals surface area (Å²) in [5, 5.41) is 2.63. The van der Waals surface area contributed by atoms with Crippen LogP contribution >= 0.6 is 11.3 Å². The third-order valence-corrected chi connectivity index (χ3v) is 15.9. The Bertz CT molecular complexity index is 2980. The lowest BCUT2D eigenvalue weighted by Crippen LogP contribution is -2.36. The molecule has 2 nitrogen and oxygen atoms in total. The van der Waals surface area contributed by atoms with Crippen molar-refractivity contribution in [3.63, 3.8) is 0 Å². The average Bonchev–Trinajstić information content (AvgIpc) is 3.71. The predicted octanol–water partition coefficient (Wildman–Crippen LogP) is 17.6. The fourth-order valence-corrected chi connectivity index (χ4v) is 13.1. The second kappa shape index (κ2) is 16.4. The van der Waals surface area contributed by atoms with Crippen LogP contribution < -0.4 is 9.80 Å². The van der Waals surface area contributed by atoms with Crippen LogP contribution in [0.25, 0.3) is 42.4 Å². The summed E-state index contributed by atoms with van der Waals surface area (Å²) in [6.45, 7) is 0. The third-order valence-electron chi connectivity index (χ3n) is 14.8. The number of benzene rings is 8. The van der Waals surface area contributed by atoms with Gasteiger partial charge in [-0.15, -0.1) is 11.3 Å². The molecule has 4 bridgehead atoms. The van der Waals surface area contributed by atoms with E-state index in [1.807, 2.05) is 11.3 Å². The van der Waals surface area contributed by atoms with Crippen LogP contribution in [0.3, 0.4) is 0 Å². The number of fused-ring (bicyclic) bond motifs is 5. The lowest BCUT2D eigenvalue weighted by Gasteiger charge is -2.48. The van der Waals surface area contributed by atoms with Crippen molar-refractivity contribution in [2.45, 2.75) is 50.9 Å². The first-order valence-corrected chi connectivity index (χ1v) is 24.0. The molecule has 0 radical (unpaired) electrons. The van der Waals surface area contributed by atoms with E-state index < -0.39 is 0 Å². The zero-order valence-electron chi connectivity index (χ0n) is 35.7. The summed E-state index contributed by atoms with van der Waals surface area (Å²) < 4.78 is 2.62. The van der Waals surface area contributed by atoms with Gasteiger partial charge in [-0.1, -0.05) is 121 Å². The van der Waals surface area contributed by atoms with Gasteiger partial charge in [0.1, 0.15) is 0 Å². The van der Waals surface area contributed by atoms with Gasteiger partial charge in [-0.3, -0.25) is 0 Å². The van der Waals surface area contributed by atoms with E-state index in [2.05, 4.69) is 210 Å². The van der Waals surface area contributed by atoms with E-state index in [9.17, 15) is 0 Å². The molecule has 8 aromatic carbocycles. The summed E-state index contributed by atoms with van der Waals surface area (Å²) in [7, 11) is 0. The van der Waals surface area contributed by atoms with Gasteiger partial charge in [0.05, 0.1) is 0 Å². The minimum Gasteiger partial charge on any atom is -0.311 e. The Balaban J connectivity index is 0.920. The van der Waals surface area contributed by atoms with Gasteiger partial charge in [-0.05, 0) is 181 Å². The summed E-state index contributed by atoms with van der Waals surface area (Å²) in [6.07, 6.45) is 10.1. The highest BCUT2D eigenvalue weighted by atomic mass is 32.1. The van der Waals surface area contributed by atoms with Crippen molar-refractivity contribution in [1.82, 2.24) is 0 Å². The second-order valence-corrected chi connectivity index (χ2v) is 19.7. The summed E-state index contributed by atoms with van der Waals surface area (Å²) in [6, 6.07) is 74.2. The number of anilines is 6. The topological polar surface area (TPSA) is 6.48 Å². The molecule has 2 unspecified atom stereocenters. The fourth-order valence-electron chi connectivity index (χ4n) is 11.9. The SMILES string of the molecule is c1ccc(-c2ccc(N(c3ccc([C@@H]4CCC5CC6CC(C5)CC4C6)cc3)c3ccc(N(c4ccc(-c5ccccc5)cc4)c4ccc5c(c4)sc4ccccc45)cc3)cc2)cc1. The van der Waals surface area contributed by atoms with Crippen molar-refractivity contribution in [1.29, 1.82) is 0 Å². The molecule has 63 heavy (non-hydrogen) atoms. The van der Waals surface area contributed by atoms with E-state index in [1.54, 1.807) is 5.56 Å². The molecule has 1 aromatic heterocycles. The highest BCUT2D eigenvalue weighted by molar-refractivity contribution is 7.25. The zero-order chi connectivity index (χ0) is 41.7. The lowest BCUT2D eigenvalue weighted by molar-refractivity contribution is 0.0555. The molecule has 0 spiro atoms. The maximum atomic E-state index is 2.47. The first-order valence-electron chi connectivity index (χ1n) is 23.2. The van der Waals surface area contributed by atoms with Crippen LogP contribution in [0.15, 0.2) is 200 Å². The van der Waals surface area contributed by atoms with Crippen LogP contribution in [0.5, 0.6) is 0 Å². The predicted molar refractivity (Wildman–Crippen MR) is 269 cm³/mol. The van der Waals surface area contributed by atoms with Gasteiger partial charge in [0.15, 0.2) is 0 Å². The molecule has 9 aromatic rings. The first-order chi connectivity index (χ1) is 31.2. The van der Waals surface area contributed by atoms with Gasteiger partial charge in [0.25, 0.3) is 0 Å². The largest absolute Gasteiger partial charge is 0.311 e. The van der Waals surface area contributed by atoms with Gasteiger partial charge in [0.2, 0.25) is 0 Å². The van der Waals surface area contributed by atoms with Gasteiger partial charge in [-0.25, -0.2) is 0 Å². The molecule has 13 rings (SSSR count). The molecule has 3 heteroatoms. The molecule has 4 saturated carbocycles. The Hall–Kier alpha value is -6.42. The molecule has 1 heterocycles. The minimum absolute atomic E-state index is 0.685. The summed E-state index contributed by atoms with van der Waals surface area (Å²) in [5.74, 6) is 4.42. The first kappa shape index (κ1) is 38.3. The van der Waals surface area contributed by atoms with E-state index in [4.69, 9.17) is 0 Å². The van der Waals surface area contributed by atoms with Crippen LogP contribution in [0, 0.1) is 23.7 Å². The number of hydrogen-bond donors (Lipinski definition) is 0. The molecule has 4 aliphatic carbocycles. The third kappa shape index (κ3) is 7.43. The smallest absolute Gasteiger partial charge is 0.0476 e. The fraction of sp³-hybridized carbons (Fsp3) is 0.200.